The molecule has 0 radical (unpaired) electrons. The number of benzene rings is 1. The first kappa shape index (κ1) is 25.6. The molecule has 1 aromatic rings. The molecule has 3 saturated carbocycles. The maximum absolute atomic E-state index is 11.9. The van der Waals surface area contributed by atoms with E-state index in [9.17, 15) is 9.59 Å². The summed E-state index contributed by atoms with van der Waals surface area (Å²) in [4.78, 5) is 23.5. The van der Waals surface area contributed by atoms with E-state index < -0.39 is 0 Å². The van der Waals surface area contributed by atoms with E-state index in [-0.39, 0.29) is 39.9 Å². The Kier molecular flexibility index (Phi) is 5.85. The molecule has 4 aliphatic rings. The number of ether oxygens (including phenoxy) is 3. The number of esters is 2. The minimum Gasteiger partial charge on any atom is -0.487 e. The molecule has 1 aliphatic heterocycles. The molecule has 0 spiro atoms. The van der Waals surface area contributed by atoms with Gasteiger partial charge in [-0.3, -0.25) is 9.59 Å². The summed E-state index contributed by atoms with van der Waals surface area (Å²) in [6.07, 6.45) is 7.54. The van der Waals surface area contributed by atoms with E-state index in [1.807, 2.05) is 12.1 Å². The Hall–Kier alpha value is -2.04. The van der Waals surface area contributed by atoms with E-state index in [0.717, 1.165) is 49.8 Å². The molecule has 3 aliphatic carbocycles. The minimum atomic E-state index is -0.293. The summed E-state index contributed by atoms with van der Waals surface area (Å²) in [5, 5.41) is 0. The van der Waals surface area contributed by atoms with Gasteiger partial charge in [-0.25, -0.2) is 0 Å². The molecule has 3 fully saturated rings. The number of carbonyl (C=O) groups excluding carboxylic acids is 2. The number of carbonyl (C=O) groups is 2. The van der Waals surface area contributed by atoms with Crippen LogP contribution in [0.4, 0.5) is 0 Å². The number of fused-ring (bicyclic) bond motifs is 6. The van der Waals surface area contributed by atoms with Crippen LogP contribution in [0.2, 0.25) is 0 Å². The van der Waals surface area contributed by atoms with Crippen LogP contribution >= 0.6 is 0 Å². The Bertz CT molecular complexity index is 1090. The number of aryl methyl sites for hydroxylation is 1. The molecule has 0 saturated heterocycles. The lowest BCUT2D eigenvalue weighted by molar-refractivity contribution is -0.228. The van der Waals surface area contributed by atoms with Gasteiger partial charge >= 0.3 is 11.9 Å². The van der Waals surface area contributed by atoms with Gasteiger partial charge in [-0.15, -0.1) is 0 Å². The molecule has 0 N–H and O–H groups in total. The summed E-state index contributed by atoms with van der Waals surface area (Å²) >= 11 is 0. The molecule has 0 aromatic heterocycles. The third kappa shape index (κ3) is 3.70. The zero-order chi connectivity index (χ0) is 26.3. The molecule has 5 rings (SSSR count). The first-order valence-corrected chi connectivity index (χ1v) is 13.9. The van der Waals surface area contributed by atoms with Crippen molar-refractivity contribution < 1.29 is 23.8 Å². The smallest absolute Gasteiger partial charge is 0.308 e. The highest BCUT2D eigenvalue weighted by atomic mass is 16.5. The van der Waals surface area contributed by atoms with Crippen molar-refractivity contribution in [2.24, 2.45) is 34.0 Å². The number of hydrogen-bond donors (Lipinski definition) is 0. The van der Waals surface area contributed by atoms with Crippen molar-refractivity contribution in [3.63, 3.8) is 0 Å². The van der Waals surface area contributed by atoms with Crippen LogP contribution < -0.4 is 9.47 Å². The highest BCUT2D eigenvalue weighted by molar-refractivity contribution is 5.70. The summed E-state index contributed by atoms with van der Waals surface area (Å²) in [7, 11) is 0. The Morgan fingerprint density at radius 3 is 2.17 bits per heavy atom. The Labute approximate surface area is 216 Å². The van der Waals surface area contributed by atoms with E-state index >= 15 is 0 Å². The maximum atomic E-state index is 11.9. The van der Waals surface area contributed by atoms with E-state index in [1.165, 1.54) is 18.9 Å². The second-order valence-corrected chi connectivity index (χ2v) is 13.6. The normalized spacial score (nSPS) is 40.4. The van der Waals surface area contributed by atoms with Crippen LogP contribution in [0.15, 0.2) is 12.1 Å². The lowest BCUT2D eigenvalue weighted by Crippen LogP contribution is -2.66. The van der Waals surface area contributed by atoms with Crippen LogP contribution in [-0.4, -0.2) is 23.6 Å². The molecule has 36 heavy (non-hydrogen) atoms. The highest BCUT2D eigenvalue weighted by Gasteiger charge is 2.67. The van der Waals surface area contributed by atoms with Gasteiger partial charge in [0, 0.05) is 25.2 Å². The van der Waals surface area contributed by atoms with Crippen molar-refractivity contribution in [3.05, 3.63) is 23.3 Å². The van der Waals surface area contributed by atoms with Gasteiger partial charge in [0.05, 0.1) is 0 Å². The standard InChI is InChI=1S/C31H44O5/c1-18-15-22(34-19(2)32)16-21-17-25-30(7)12-9-23-28(4,5)26(35-20(3)33)11-13-29(23,6)24(30)10-14-31(25,8)36-27(18)21/h15-16,23-26H,9-14,17H2,1-8H3/t23-,24-,25-,26-,29-,30-,31-/m0/s1. The predicted molar refractivity (Wildman–Crippen MR) is 139 cm³/mol. The summed E-state index contributed by atoms with van der Waals surface area (Å²) in [5.74, 6) is 2.67. The summed E-state index contributed by atoms with van der Waals surface area (Å²) in [6, 6.07) is 3.95. The van der Waals surface area contributed by atoms with Gasteiger partial charge in [-0.05, 0) is 105 Å². The first-order chi connectivity index (χ1) is 16.7. The van der Waals surface area contributed by atoms with E-state index in [2.05, 4.69) is 41.5 Å². The van der Waals surface area contributed by atoms with Gasteiger partial charge in [-0.2, -0.15) is 0 Å². The molecule has 0 bridgehead atoms. The zero-order valence-corrected chi connectivity index (χ0v) is 23.5. The van der Waals surface area contributed by atoms with Crippen molar-refractivity contribution in [2.75, 3.05) is 0 Å². The molecule has 5 heteroatoms. The molecule has 0 amide bonds. The molecule has 198 valence electrons. The molecule has 1 aromatic carbocycles. The maximum Gasteiger partial charge on any atom is 0.308 e. The Morgan fingerprint density at radius 1 is 0.861 bits per heavy atom. The fourth-order valence-electron chi connectivity index (χ4n) is 9.71. The molecule has 5 nitrogen and oxygen atoms in total. The summed E-state index contributed by atoms with van der Waals surface area (Å²) < 4.78 is 18.2. The van der Waals surface area contributed by atoms with Gasteiger partial charge in [-0.1, -0.05) is 27.7 Å². The third-order valence-electron chi connectivity index (χ3n) is 11.1. The van der Waals surface area contributed by atoms with Crippen LogP contribution in [0.25, 0.3) is 0 Å². The van der Waals surface area contributed by atoms with Crippen LogP contribution in [0.3, 0.4) is 0 Å². The van der Waals surface area contributed by atoms with Crippen molar-refractivity contribution in [2.45, 2.75) is 112 Å². The quantitative estimate of drug-likeness (QED) is 0.332. The topological polar surface area (TPSA) is 61.8 Å². The SMILES string of the molecule is CC(=O)Oc1cc(C)c2c(c1)C[C@H]1[C@@]3(C)CC[C@H]4C(C)(C)[C@@H](OC(C)=O)CC[C@]4(C)[C@@H]3CC[C@]1(C)O2. The average Bonchev–Trinajstić information content (AvgIpc) is 2.74. The zero-order valence-electron chi connectivity index (χ0n) is 23.5. The van der Waals surface area contributed by atoms with Crippen LogP contribution in [0, 0.1) is 40.9 Å². The predicted octanol–water partition coefficient (Wildman–Crippen LogP) is 6.81. The summed E-state index contributed by atoms with van der Waals surface area (Å²) in [5.41, 5.74) is 2.35. The second-order valence-electron chi connectivity index (χ2n) is 13.6. The van der Waals surface area contributed by atoms with Crippen molar-refractivity contribution in [3.8, 4) is 11.5 Å². The average molecular weight is 497 g/mol. The van der Waals surface area contributed by atoms with Crippen LogP contribution in [-0.2, 0) is 20.7 Å². The van der Waals surface area contributed by atoms with E-state index in [1.54, 1.807) is 6.92 Å². The lowest BCUT2D eigenvalue weighted by atomic mass is 9.37. The number of rotatable bonds is 2. The molecule has 0 unspecified atom stereocenters. The molecular weight excluding hydrogens is 452 g/mol. The van der Waals surface area contributed by atoms with Gasteiger partial charge in [0.25, 0.3) is 0 Å². The van der Waals surface area contributed by atoms with Crippen molar-refractivity contribution in [1.82, 2.24) is 0 Å². The van der Waals surface area contributed by atoms with Gasteiger partial charge in [0.2, 0.25) is 0 Å². The Balaban J connectivity index is 1.50. The van der Waals surface area contributed by atoms with Crippen molar-refractivity contribution in [1.29, 1.82) is 0 Å². The van der Waals surface area contributed by atoms with Gasteiger partial charge in [0.15, 0.2) is 0 Å². The second kappa shape index (κ2) is 8.23. The fraction of sp³-hybridized carbons (Fsp3) is 0.742. The van der Waals surface area contributed by atoms with Gasteiger partial charge in [0.1, 0.15) is 23.2 Å². The third-order valence-corrected chi connectivity index (χ3v) is 11.1. The molecular formula is C31H44O5. The first-order valence-electron chi connectivity index (χ1n) is 13.9. The highest BCUT2D eigenvalue weighted by Crippen LogP contribution is 2.71. The molecule has 7 atom stereocenters. The fourth-order valence-corrected chi connectivity index (χ4v) is 9.71. The van der Waals surface area contributed by atoms with E-state index in [4.69, 9.17) is 14.2 Å². The van der Waals surface area contributed by atoms with E-state index in [0.29, 0.717) is 23.5 Å². The minimum absolute atomic E-state index is 0.00106. The van der Waals surface area contributed by atoms with Crippen molar-refractivity contribution >= 4 is 11.9 Å². The summed E-state index contributed by atoms with van der Waals surface area (Å²) in [6.45, 7) is 17.1. The number of hydrogen-bond acceptors (Lipinski definition) is 5. The van der Waals surface area contributed by atoms with Crippen LogP contribution in [0.1, 0.15) is 98.1 Å². The molecule has 1 heterocycles. The Morgan fingerprint density at radius 2 is 1.50 bits per heavy atom. The monoisotopic (exact) mass is 496 g/mol. The lowest BCUT2D eigenvalue weighted by Gasteiger charge is -2.69. The largest absolute Gasteiger partial charge is 0.487 e. The van der Waals surface area contributed by atoms with Gasteiger partial charge < -0.3 is 14.2 Å². The van der Waals surface area contributed by atoms with Crippen LogP contribution in [0.5, 0.6) is 11.5 Å².